The monoisotopic (exact) mass is 428 g/mol. The van der Waals surface area contributed by atoms with Crippen molar-refractivity contribution >= 4 is 23.3 Å². The van der Waals surface area contributed by atoms with Gasteiger partial charge in [-0.3, -0.25) is 0 Å². The van der Waals surface area contributed by atoms with Gasteiger partial charge in [0.15, 0.2) is 0 Å². The molecule has 5 nitrogen and oxygen atoms in total. The minimum Gasteiger partial charge on any atom is -0.477 e. The van der Waals surface area contributed by atoms with Crippen molar-refractivity contribution in [3.8, 4) is 0 Å². The van der Waals surface area contributed by atoms with Gasteiger partial charge >= 0.3 is 5.97 Å². The van der Waals surface area contributed by atoms with E-state index in [-0.39, 0.29) is 17.1 Å². The predicted molar refractivity (Wildman–Crippen MR) is 122 cm³/mol. The third-order valence-electron chi connectivity index (χ3n) is 5.84. The Balaban J connectivity index is 2.02. The van der Waals surface area contributed by atoms with E-state index in [1.54, 1.807) is 0 Å². The first-order valence-electron chi connectivity index (χ1n) is 10.2. The number of halogens is 1. The Morgan fingerprint density at radius 3 is 2.67 bits per heavy atom. The molecule has 3 rings (SSSR count). The van der Waals surface area contributed by atoms with Crippen molar-refractivity contribution in [1.82, 2.24) is 5.32 Å². The first-order valence-corrected chi connectivity index (χ1v) is 10.6. The van der Waals surface area contributed by atoms with Gasteiger partial charge in [0.2, 0.25) is 0 Å². The van der Waals surface area contributed by atoms with Gasteiger partial charge in [0, 0.05) is 36.1 Å². The second-order valence-corrected chi connectivity index (χ2v) is 8.55. The average molecular weight is 429 g/mol. The van der Waals surface area contributed by atoms with Crippen LogP contribution in [0.1, 0.15) is 38.7 Å². The number of nitrogens with one attached hydrogen (secondary N) is 1. The molecule has 0 amide bonds. The Morgan fingerprint density at radius 1 is 1.27 bits per heavy atom. The van der Waals surface area contributed by atoms with Gasteiger partial charge in [0.1, 0.15) is 5.03 Å². The van der Waals surface area contributed by atoms with E-state index in [4.69, 9.17) is 16.7 Å². The number of hydrogen-bond acceptors (Lipinski definition) is 4. The molecule has 30 heavy (non-hydrogen) atoms. The topological polar surface area (TPSA) is 72.8 Å². The van der Waals surface area contributed by atoms with Crippen LogP contribution in [0.4, 0.5) is 5.69 Å². The smallest absolute Gasteiger partial charge is 0.347 e. The van der Waals surface area contributed by atoms with E-state index >= 15 is 0 Å². The van der Waals surface area contributed by atoms with E-state index in [9.17, 15) is 9.90 Å². The number of likely N-dealkylation sites (N-methyl/N-ethyl adjacent to an activating group) is 1. The molecule has 0 spiro atoms. The summed E-state index contributed by atoms with van der Waals surface area (Å²) in [6, 6.07) is 8.43. The summed E-state index contributed by atoms with van der Waals surface area (Å²) in [6.07, 6.45) is 8.31. The lowest BCUT2D eigenvalue weighted by Crippen LogP contribution is -2.24. The molecule has 0 radical (unpaired) electrons. The highest BCUT2D eigenvalue weighted by atomic mass is 35.5. The van der Waals surface area contributed by atoms with Crippen molar-refractivity contribution in [2.75, 3.05) is 25.1 Å². The van der Waals surface area contributed by atoms with E-state index in [1.165, 1.54) is 23.0 Å². The number of nitrogens with zero attached hydrogens (tertiary/aromatic N) is 1. The van der Waals surface area contributed by atoms with Crippen LogP contribution in [0.3, 0.4) is 0 Å². The summed E-state index contributed by atoms with van der Waals surface area (Å²) in [4.78, 5) is 13.4. The number of carbonyl (C=O) groups is 1. The zero-order valence-corrected chi connectivity index (χ0v) is 18.5. The first-order chi connectivity index (χ1) is 14.3. The van der Waals surface area contributed by atoms with Gasteiger partial charge in [-0.25, -0.2) is 4.79 Å². The van der Waals surface area contributed by atoms with E-state index in [0.29, 0.717) is 6.54 Å². The van der Waals surface area contributed by atoms with Crippen LogP contribution in [-0.4, -0.2) is 36.4 Å². The minimum atomic E-state index is -1.14. The molecule has 0 saturated carbocycles. The number of allylic oxidation sites excluding steroid dienone is 6. The molecule has 0 fully saturated rings. The van der Waals surface area contributed by atoms with E-state index < -0.39 is 5.97 Å². The van der Waals surface area contributed by atoms with E-state index in [0.717, 1.165) is 36.1 Å². The van der Waals surface area contributed by atoms with Gasteiger partial charge in [-0.05, 0) is 54.2 Å². The van der Waals surface area contributed by atoms with Gasteiger partial charge in [-0.2, -0.15) is 0 Å². The summed E-state index contributed by atoms with van der Waals surface area (Å²) >= 11 is 5.90. The van der Waals surface area contributed by atoms with Crippen LogP contribution in [0, 0.1) is 0 Å². The number of carboxylic acids is 1. The first kappa shape index (κ1) is 22.2. The van der Waals surface area contributed by atoms with Crippen LogP contribution >= 0.6 is 11.6 Å². The number of carboxylic acid groups (broad SMARTS) is 1. The van der Waals surface area contributed by atoms with Gasteiger partial charge in [0.05, 0.1) is 6.61 Å². The van der Waals surface area contributed by atoms with Crippen molar-refractivity contribution < 1.29 is 15.0 Å². The van der Waals surface area contributed by atoms with Crippen molar-refractivity contribution in [2.45, 2.75) is 38.5 Å². The minimum absolute atomic E-state index is 0.00734. The number of aliphatic hydroxyl groups excluding tert-OH is 1. The fourth-order valence-corrected chi connectivity index (χ4v) is 4.47. The molecule has 6 heteroatoms. The number of fused-ring (bicyclic) bond motifs is 1. The Bertz CT molecular complexity index is 957. The zero-order valence-electron chi connectivity index (χ0n) is 17.7. The molecule has 160 valence electrons. The van der Waals surface area contributed by atoms with Crippen LogP contribution in [0.5, 0.6) is 0 Å². The van der Waals surface area contributed by atoms with Crippen LogP contribution < -0.4 is 10.2 Å². The Hall–Kier alpha value is -2.50. The highest BCUT2D eigenvalue weighted by molar-refractivity contribution is 6.41. The van der Waals surface area contributed by atoms with Crippen LogP contribution in [0.2, 0.25) is 0 Å². The molecule has 3 N–H and O–H groups in total. The molecule has 1 aliphatic carbocycles. The van der Waals surface area contributed by atoms with Crippen molar-refractivity contribution in [3.63, 3.8) is 0 Å². The zero-order chi connectivity index (χ0) is 21.9. The number of benzene rings is 1. The molecule has 1 aromatic rings. The maximum atomic E-state index is 11.2. The maximum Gasteiger partial charge on any atom is 0.347 e. The van der Waals surface area contributed by atoms with Crippen molar-refractivity contribution in [1.29, 1.82) is 0 Å². The summed E-state index contributed by atoms with van der Waals surface area (Å²) in [7, 11) is 2.08. The molecule has 0 bridgehead atoms. The summed E-state index contributed by atoms with van der Waals surface area (Å²) in [5.74, 6) is -1.14. The molecule has 0 aromatic heterocycles. The Labute approximate surface area is 183 Å². The number of aliphatic carboxylic acids is 1. The Kier molecular flexibility index (Phi) is 6.74. The summed E-state index contributed by atoms with van der Waals surface area (Å²) in [5, 5.41) is 21.5. The van der Waals surface area contributed by atoms with Crippen LogP contribution in [0.25, 0.3) is 0 Å². The highest BCUT2D eigenvalue weighted by Gasteiger charge is 2.37. The highest BCUT2D eigenvalue weighted by Crippen LogP contribution is 2.46. The number of anilines is 1. The van der Waals surface area contributed by atoms with Gasteiger partial charge in [-0.15, -0.1) is 0 Å². The van der Waals surface area contributed by atoms with Crippen LogP contribution in [-0.2, 0) is 10.2 Å². The maximum absolute atomic E-state index is 11.2. The quantitative estimate of drug-likeness (QED) is 0.584. The predicted octanol–water partition coefficient (Wildman–Crippen LogP) is 4.45. The lowest BCUT2D eigenvalue weighted by molar-refractivity contribution is -0.131. The van der Waals surface area contributed by atoms with Crippen molar-refractivity contribution in [3.05, 3.63) is 75.6 Å². The normalized spacial score (nSPS) is 21.4. The number of hydrogen-bond donors (Lipinski definition) is 3. The summed E-state index contributed by atoms with van der Waals surface area (Å²) < 4.78 is 0. The largest absolute Gasteiger partial charge is 0.477 e. The molecule has 0 unspecified atom stereocenters. The van der Waals surface area contributed by atoms with Crippen LogP contribution in [0.15, 0.2) is 70.1 Å². The second-order valence-electron chi connectivity index (χ2n) is 8.15. The fraction of sp³-hybridized carbons (Fsp3) is 0.375. The molecular formula is C24H29ClN2O3. The van der Waals surface area contributed by atoms with E-state index in [2.05, 4.69) is 67.5 Å². The van der Waals surface area contributed by atoms with Gasteiger partial charge in [-0.1, -0.05) is 49.7 Å². The summed E-state index contributed by atoms with van der Waals surface area (Å²) in [5.41, 5.74) is 6.40. The second kappa shape index (κ2) is 9.11. The molecule has 0 atom stereocenters. The standard InChI is InChI=1S/C24H29ClN2O3/c1-24(2)18-9-4-5-10-20(18)27(3)21(24)12-11-16-7-6-8-17(15-19(25)23(29)30)22(16)26-13-14-28/h4-5,9-12,15,26,28H,6-8,13-14H2,1-3H3,(H,29,30)/b16-11+,19-15-,21-12+. The van der Waals surface area contributed by atoms with Crippen molar-refractivity contribution in [2.24, 2.45) is 0 Å². The third-order valence-corrected chi connectivity index (χ3v) is 6.11. The Morgan fingerprint density at radius 2 is 2.00 bits per heavy atom. The third kappa shape index (κ3) is 4.32. The average Bonchev–Trinajstić information content (AvgIpc) is 2.91. The van der Waals surface area contributed by atoms with Gasteiger partial charge < -0.3 is 20.4 Å². The lowest BCUT2D eigenvalue weighted by atomic mass is 9.83. The molecular weight excluding hydrogens is 400 g/mol. The number of rotatable bonds is 6. The molecule has 2 aliphatic rings. The molecule has 1 heterocycles. The number of aliphatic hydroxyl groups is 1. The lowest BCUT2D eigenvalue weighted by Gasteiger charge is -2.25. The summed E-state index contributed by atoms with van der Waals surface area (Å²) in [6.45, 7) is 4.83. The van der Waals surface area contributed by atoms with Gasteiger partial charge in [0.25, 0.3) is 0 Å². The number of para-hydroxylation sites is 1. The SMILES string of the molecule is CN1/C(=C/C=C2\CCCC(/C=C(\Cl)C(=O)O)=C2NCCO)C(C)(C)c2ccccc21. The molecule has 0 saturated heterocycles. The fourth-order valence-electron chi connectivity index (χ4n) is 4.34. The van der Waals surface area contributed by atoms with E-state index in [1.807, 2.05) is 0 Å². The molecule has 1 aliphatic heterocycles. The molecule has 1 aromatic carbocycles.